The van der Waals surface area contributed by atoms with Crippen LogP contribution in [-0.2, 0) is 13.2 Å². The summed E-state index contributed by atoms with van der Waals surface area (Å²) in [5.41, 5.74) is 1.56. The molecule has 5 nitrogen and oxygen atoms in total. The van der Waals surface area contributed by atoms with Crippen LogP contribution in [0, 0.1) is 0 Å². The average molecular weight is 505 g/mol. The highest BCUT2D eigenvalue weighted by Gasteiger charge is 2.31. The molecule has 0 bridgehead atoms. The molecule has 34 heavy (non-hydrogen) atoms. The monoisotopic (exact) mass is 504 g/mol. The molecule has 0 spiro atoms. The Hall–Kier alpha value is -3.04. The summed E-state index contributed by atoms with van der Waals surface area (Å²) < 4.78 is 40.9. The Labute approximate surface area is 203 Å². The summed E-state index contributed by atoms with van der Waals surface area (Å²) in [6, 6.07) is 14.6. The molecule has 176 valence electrons. The highest BCUT2D eigenvalue weighted by Crippen LogP contribution is 2.35. The molecule has 1 aliphatic heterocycles. The number of alkyl halides is 3. The van der Waals surface area contributed by atoms with E-state index in [0.717, 1.165) is 33.6 Å². The number of nitrogens with zero attached hydrogens (tertiary/aromatic N) is 4. The second-order valence-corrected chi connectivity index (χ2v) is 9.60. The molecule has 4 aromatic rings. The maximum Gasteiger partial charge on any atom is 0.416 e. The molecule has 1 saturated heterocycles. The Balaban J connectivity index is 1.33. The van der Waals surface area contributed by atoms with Crippen LogP contribution in [0.1, 0.15) is 15.2 Å². The number of thiophene rings is 1. The fourth-order valence-corrected chi connectivity index (χ4v) is 5.34. The zero-order valence-electron chi connectivity index (χ0n) is 18.1. The summed E-state index contributed by atoms with van der Waals surface area (Å²) in [5, 5.41) is 6.15. The number of rotatable bonds is 3. The predicted molar refractivity (Wildman–Crippen MR) is 129 cm³/mol. The first-order valence-corrected chi connectivity index (χ1v) is 11.8. The molecule has 0 N–H and O–H groups in total. The van der Waals surface area contributed by atoms with Gasteiger partial charge in [-0.1, -0.05) is 29.8 Å². The molecule has 0 unspecified atom stereocenters. The molecule has 10 heteroatoms. The van der Waals surface area contributed by atoms with Crippen LogP contribution in [0.2, 0.25) is 5.02 Å². The van der Waals surface area contributed by atoms with Crippen molar-refractivity contribution < 1.29 is 18.0 Å². The maximum absolute atomic E-state index is 13.2. The molecular formula is C24H20ClF3N4OS. The van der Waals surface area contributed by atoms with Gasteiger partial charge in [0.2, 0.25) is 0 Å². The average Bonchev–Trinajstić information content (AvgIpc) is 3.39. The van der Waals surface area contributed by atoms with Gasteiger partial charge in [0, 0.05) is 54.9 Å². The third kappa shape index (κ3) is 4.25. The predicted octanol–water partition coefficient (Wildman–Crippen LogP) is 5.94. The number of fused-ring (bicyclic) bond motifs is 1. The first-order valence-electron chi connectivity index (χ1n) is 10.6. The molecule has 0 atom stereocenters. The number of hydrogen-bond acceptors (Lipinski definition) is 4. The normalized spacial score (nSPS) is 14.7. The molecule has 1 fully saturated rings. The van der Waals surface area contributed by atoms with Gasteiger partial charge in [0.15, 0.2) is 0 Å². The van der Waals surface area contributed by atoms with Crippen molar-refractivity contribution in [2.24, 2.45) is 7.05 Å². The molecule has 2 aromatic carbocycles. The smallest absolute Gasteiger partial charge is 0.368 e. The Morgan fingerprint density at radius 2 is 1.74 bits per heavy atom. The van der Waals surface area contributed by atoms with E-state index in [4.69, 9.17) is 11.6 Å². The van der Waals surface area contributed by atoms with Gasteiger partial charge >= 0.3 is 6.18 Å². The van der Waals surface area contributed by atoms with E-state index >= 15 is 0 Å². The van der Waals surface area contributed by atoms with Crippen molar-refractivity contribution >= 4 is 44.7 Å². The minimum atomic E-state index is -4.38. The summed E-state index contributed by atoms with van der Waals surface area (Å²) in [5.74, 6) is -0.0769. The third-order valence-electron chi connectivity index (χ3n) is 5.95. The lowest BCUT2D eigenvalue weighted by molar-refractivity contribution is -0.137. The number of anilines is 1. The summed E-state index contributed by atoms with van der Waals surface area (Å²) in [6.07, 6.45) is -4.38. The zero-order chi connectivity index (χ0) is 24.0. The standard InChI is InChI=1S/C24H20ClF3N4OS/c1-30-23-19(21(29-30)15-5-7-17(25)8-6-15)14-20(34-23)22(33)32-11-9-31(10-12-32)18-4-2-3-16(13-18)24(26,27)28/h2-8,13-14H,9-12H2,1H3. The van der Waals surface area contributed by atoms with E-state index in [1.165, 1.54) is 17.4 Å². The van der Waals surface area contributed by atoms with Gasteiger partial charge in [-0.2, -0.15) is 18.3 Å². The van der Waals surface area contributed by atoms with Crippen molar-refractivity contribution in [3.8, 4) is 11.3 Å². The van der Waals surface area contributed by atoms with Crippen LogP contribution in [0.15, 0.2) is 54.6 Å². The number of benzene rings is 2. The highest BCUT2D eigenvalue weighted by molar-refractivity contribution is 7.20. The Morgan fingerprint density at radius 3 is 2.41 bits per heavy atom. The fourth-order valence-electron chi connectivity index (χ4n) is 4.17. The van der Waals surface area contributed by atoms with Gasteiger partial charge in [0.1, 0.15) is 10.5 Å². The molecule has 1 aliphatic rings. The van der Waals surface area contributed by atoms with Gasteiger partial charge in [-0.3, -0.25) is 9.48 Å². The summed E-state index contributed by atoms with van der Waals surface area (Å²) >= 11 is 7.39. The van der Waals surface area contributed by atoms with Crippen molar-refractivity contribution in [2.45, 2.75) is 6.18 Å². The van der Waals surface area contributed by atoms with Crippen LogP contribution < -0.4 is 4.90 Å². The Morgan fingerprint density at radius 1 is 1.03 bits per heavy atom. The number of aromatic nitrogens is 2. The molecular weight excluding hydrogens is 485 g/mol. The van der Waals surface area contributed by atoms with E-state index in [0.29, 0.717) is 41.8 Å². The minimum absolute atomic E-state index is 0.0769. The largest absolute Gasteiger partial charge is 0.416 e. The summed E-state index contributed by atoms with van der Waals surface area (Å²) in [6.45, 7) is 1.81. The van der Waals surface area contributed by atoms with Crippen LogP contribution in [0.5, 0.6) is 0 Å². The fraction of sp³-hybridized carbons (Fsp3) is 0.250. The van der Waals surface area contributed by atoms with E-state index in [1.54, 1.807) is 27.8 Å². The van der Waals surface area contributed by atoms with Crippen LogP contribution >= 0.6 is 22.9 Å². The summed E-state index contributed by atoms with van der Waals surface area (Å²) in [4.78, 5) is 18.4. The van der Waals surface area contributed by atoms with Crippen LogP contribution in [0.3, 0.4) is 0 Å². The number of carbonyl (C=O) groups is 1. The molecule has 5 rings (SSSR count). The van der Waals surface area contributed by atoms with E-state index in [1.807, 2.05) is 30.1 Å². The molecule has 1 amide bonds. The van der Waals surface area contributed by atoms with Crippen molar-refractivity contribution in [3.05, 3.63) is 70.1 Å². The number of hydrogen-bond donors (Lipinski definition) is 0. The second-order valence-electron chi connectivity index (χ2n) is 8.14. The summed E-state index contributed by atoms with van der Waals surface area (Å²) in [7, 11) is 1.85. The second kappa shape index (κ2) is 8.63. The molecule has 3 heterocycles. The lowest BCUT2D eigenvalue weighted by Gasteiger charge is -2.36. The van der Waals surface area contributed by atoms with E-state index in [-0.39, 0.29) is 5.91 Å². The van der Waals surface area contributed by atoms with Gasteiger partial charge < -0.3 is 9.80 Å². The van der Waals surface area contributed by atoms with Crippen LogP contribution in [0.4, 0.5) is 18.9 Å². The number of carbonyl (C=O) groups excluding carboxylic acids is 1. The number of piperazine rings is 1. The van der Waals surface area contributed by atoms with E-state index in [9.17, 15) is 18.0 Å². The van der Waals surface area contributed by atoms with Crippen LogP contribution in [0.25, 0.3) is 21.5 Å². The molecule has 0 aliphatic carbocycles. The lowest BCUT2D eigenvalue weighted by Crippen LogP contribution is -2.48. The van der Waals surface area contributed by atoms with Gasteiger partial charge in [-0.15, -0.1) is 11.3 Å². The Bertz CT molecular complexity index is 1360. The van der Waals surface area contributed by atoms with Crippen molar-refractivity contribution in [1.29, 1.82) is 0 Å². The topological polar surface area (TPSA) is 41.4 Å². The van der Waals surface area contributed by atoms with Gasteiger partial charge in [-0.05, 0) is 36.4 Å². The Kier molecular flexibility index (Phi) is 5.77. The first kappa shape index (κ1) is 22.7. The number of halogens is 4. The molecule has 2 aromatic heterocycles. The quantitative estimate of drug-likeness (QED) is 0.347. The first-order chi connectivity index (χ1) is 16.2. The lowest BCUT2D eigenvalue weighted by atomic mass is 10.1. The zero-order valence-corrected chi connectivity index (χ0v) is 19.7. The highest BCUT2D eigenvalue weighted by atomic mass is 35.5. The van der Waals surface area contributed by atoms with Crippen molar-refractivity contribution in [3.63, 3.8) is 0 Å². The van der Waals surface area contributed by atoms with E-state index in [2.05, 4.69) is 5.10 Å². The minimum Gasteiger partial charge on any atom is -0.368 e. The van der Waals surface area contributed by atoms with Gasteiger partial charge in [0.25, 0.3) is 5.91 Å². The molecule has 0 radical (unpaired) electrons. The number of aryl methyl sites for hydroxylation is 1. The van der Waals surface area contributed by atoms with Gasteiger partial charge in [0.05, 0.1) is 10.4 Å². The van der Waals surface area contributed by atoms with Crippen molar-refractivity contribution in [2.75, 3.05) is 31.1 Å². The van der Waals surface area contributed by atoms with Crippen LogP contribution in [-0.4, -0.2) is 46.8 Å². The van der Waals surface area contributed by atoms with Crippen molar-refractivity contribution in [1.82, 2.24) is 14.7 Å². The third-order valence-corrected chi connectivity index (χ3v) is 7.39. The van der Waals surface area contributed by atoms with Gasteiger partial charge in [-0.25, -0.2) is 0 Å². The van der Waals surface area contributed by atoms with E-state index < -0.39 is 11.7 Å². The number of amides is 1. The SMILES string of the molecule is Cn1nc(-c2ccc(Cl)cc2)c2cc(C(=O)N3CCN(c4cccc(C(F)(F)F)c4)CC3)sc21. The molecule has 0 saturated carbocycles. The maximum atomic E-state index is 13.2.